The molecule has 4 rings (SSSR count). The number of anilines is 2. The number of aromatic nitrogens is 1. The number of hydrogen-bond donors (Lipinski definition) is 2. The van der Waals surface area contributed by atoms with Crippen molar-refractivity contribution in [3.05, 3.63) is 78.0 Å². The van der Waals surface area contributed by atoms with Gasteiger partial charge in [-0.25, -0.2) is 4.98 Å². The van der Waals surface area contributed by atoms with Crippen LogP contribution in [0, 0.1) is 0 Å². The molecular formula is C23H22N4O2. The summed E-state index contributed by atoms with van der Waals surface area (Å²) in [6.45, 7) is 3.21. The number of amides is 2. The smallest absolute Gasteiger partial charge is 0.251 e. The molecule has 2 N–H and O–H groups in total. The second kappa shape index (κ2) is 8.14. The van der Waals surface area contributed by atoms with Crippen LogP contribution in [0.15, 0.2) is 66.9 Å². The predicted octanol–water partition coefficient (Wildman–Crippen LogP) is 3.46. The van der Waals surface area contributed by atoms with Gasteiger partial charge in [0.1, 0.15) is 0 Å². The van der Waals surface area contributed by atoms with Crippen molar-refractivity contribution in [3.8, 4) is 11.1 Å². The van der Waals surface area contributed by atoms with Crippen LogP contribution in [0.2, 0.25) is 0 Å². The molecule has 29 heavy (non-hydrogen) atoms. The van der Waals surface area contributed by atoms with Crippen LogP contribution in [0.5, 0.6) is 0 Å². The van der Waals surface area contributed by atoms with E-state index < -0.39 is 0 Å². The highest BCUT2D eigenvalue weighted by Crippen LogP contribution is 2.33. The van der Waals surface area contributed by atoms with Crippen molar-refractivity contribution in [1.29, 1.82) is 0 Å². The van der Waals surface area contributed by atoms with Gasteiger partial charge in [-0.05, 0) is 36.2 Å². The van der Waals surface area contributed by atoms with E-state index in [4.69, 9.17) is 0 Å². The maximum atomic E-state index is 12.6. The van der Waals surface area contributed by atoms with E-state index in [1.165, 1.54) is 0 Å². The number of rotatable bonds is 5. The highest BCUT2D eigenvalue weighted by Gasteiger charge is 2.25. The Kier molecular flexibility index (Phi) is 5.24. The van der Waals surface area contributed by atoms with Crippen LogP contribution in [0.4, 0.5) is 11.5 Å². The Balaban J connectivity index is 1.64. The van der Waals surface area contributed by atoms with Crippen molar-refractivity contribution in [2.45, 2.75) is 13.5 Å². The zero-order valence-corrected chi connectivity index (χ0v) is 16.2. The zero-order chi connectivity index (χ0) is 20.2. The van der Waals surface area contributed by atoms with Gasteiger partial charge in [0, 0.05) is 23.9 Å². The minimum Gasteiger partial charge on any atom is -0.359 e. The molecule has 3 aromatic rings. The monoisotopic (exact) mass is 386 g/mol. The van der Waals surface area contributed by atoms with Crippen LogP contribution in [0.1, 0.15) is 22.8 Å². The van der Waals surface area contributed by atoms with Gasteiger partial charge in [0.25, 0.3) is 5.91 Å². The summed E-state index contributed by atoms with van der Waals surface area (Å²) < 4.78 is 0. The Hall–Kier alpha value is -3.67. The van der Waals surface area contributed by atoms with Gasteiger partial charge < -0.3 is 15.5 Å². The van der Waals surface area contributed by atoms with Crippen molar-refractivity contribution in [2.75, 3.05) is 23.3 Å². The Bertz CT molecular complexity index is 1030. The van der Waals surface area contributed by atoms with Gasteiger partial charge in [-0.1, -0.05) is 42.5 Å². The number of carbonyl (C=O) groups is 2. The molecule has 0 unspecified atom stereocenters. The summed E-state index contributed by atoms with van der Waals surface area (Å²) in [6, 6.07) is 19.3. The lowest BCUT2D eigenvalue weighted by molar-refractivity contribution is -0.117. The van der Waals surface area contributed by atoms with Gasteiger partial charge in [-0.2, -0.15) is 0 Å². The largest absolute Gasteiger partial charge is 0.359 e. The highest BCUT2D eigenvalue weighted by molar-refractivity contribution is 6.02. The highest BCUT2D eigenvalue weighted by atomic mass is 16.2. The summed E-state index contributed by atoms with van der Waals surface area (Å²) >= 11 is 0. The number of hydrogen-bond acceptors (Lipinski definition) is 4. The first-order valence-electron chi connectivity index (χ1n) is 9.62. The quantitative estimate of drug-likeness (QED) is 0.704. The summed E-state index contributed by atoms with van der Waals surface area (Å²) in [5.74, 6) is 0.613. The number of nitrogens with one attached hydrogen (secondary N) is 2. The molecule has 1 aliphatic heterocycles. The van der Waals surface area contributed by atoms with Crippen LogP contribution in [0.25, 0.3) is 11.1 Å². The summed E-state index contributed by atoms with van der Waals surface area (Å²) in [5, 5.41) is 5.88. The van der Waals surface area contributed by atoms with Crippen molar-refractivity contribution in [3.63, 3.8) is 0 Å². The lowest BCUT2D eigenvalue weighted by Gasteiger charge is -2.30. The molecule has 2 heterocycles. The average Bonchev–Trinajstić information content (AvgIpc) is 2.76. The molecule has 0 spiro atoms. The lowest BCUT2D eigenvalue weighted by Crippen LogP contribution is -2.39. The Morgan fingerprint density at radius 3 is 2.59 bits per heavy atom. The summed E-state index contributed by atoms with van der Waals surface area (Å²) in [6.07, 6.45) is 1.78. The maximum Gasteiger partial charge on any atom is 0.251 e. The molecule has 2 aromatic carbocycles. The fourth-order valence-corrected chi connectivity index (χ4v) is 3.36. The standard InChI is InChI=1S/C23H22N4O2/c1-2-24-23(29)18-10-8-17(9-11-18)19-12-20-22(25-13-19)26-14-21(28)27(20)15-16-6-4-3-5-7-16/h3-13H,2,14-15H2,1H3,(H,24,29)(H,25,26). The van der Waals surface area contributed by atoms with E-state index in [0.717, 1.165) is 22.4 Å². The van der Waals surface area contributed by atoms with Crippen LogP contribution in [-0.2, 0) is 11.3 Å². The van der Waals surface area contributed by atoms with E-state index in [-0.39, 0.29) is 18.4 Å². The third-order valence-corrected chi connectivity index (χ3v) is 4.87. The number of carbonyl (C=O) groups excluding carboxylic acids is 2. The first kappa shape index (κ1) is 18.7. The first-order valence-corrected chi connectivity index (χ1v) is 9.62. The van der Waals surface area contributed by atoms with E-state index in [0.29, 0.717) is 24.5 Å². The fraction of sp³-hybridized carbons (Fsp3) is 0.174. The fourth-order valence-electron chi connectivity index (χ4n) is 3.36. The van der Waals surface area contributed by atoms with E-state index in [1.807, 2.05) is 55.5 Å². The number of benzene rings is 2. The molecule has 2 amide bonds. The minimum absolute atomic E-state index is 0.00638. The van der Waals surface area contributed by atoms with Gasteiger partial charge in [0.15, 0.2) is 5.82 Å². The van der Waals surface area contributed by atoms with Gasteiger partial charge in [-0.3, -0.25) is 9.59 Å². The molecule has 0 bridgehead atoms. The van der Waals surface area contributed by atoms with Gasteiger partial charge >= 0.3 is 0 Å². The number of nitrogens with zero attached hydrogens (tertiary/aromatic N) is 2. The van der Waals surface area contributed by atoms with E-state index >= 15 is 0 Å². The maximum absolute atomic E-state index is 12.6. The normalized spacial score (nSPS) is 12.9. The molecule has 146 valence electrons. The molecule has 0 saturated heterocycles. The predicted molar refractivity (Wildman–Crippen MR) is 114 cm³/mol. The molecule has 1 aliphatic rings. The Labute approximate surface area is 169 Å². The zero-order valence-electron chi connectivity index (χ0n) is 16.2. The first-order chi connectivity index (χ1) is 14.2. The summed E-state index contributed by atoms with van der Waals surface area (Å²) in [5.41, 5.74) is 4.26. The summed E-state index contributed by atoms with van der Waals surface area (Å²) in [4.78, 5) is 30.8. The third kappa shape index (κ3) is 3.96. The SMILES string of the molecule is CCNC(=O)c1ccc(-c2cnc3c(c2)N(Cc2ccccc2)C(=O)CN3)cc1. The topological polar surface area (TPSA) is 74.3 Å². The average molecular weight is 386 g/mol. The molecule has 6 heteroatoms. The molecule has 0 atom stereocenters. The second-order valence-electron chi connectivity index (χ2n) is 6.85. The molecular weight excluding hydrogens is 364 g/mol. The van der Waals surface area contributed by atoms with Gasteiger partial charge in [0.05, 0.1) is 18.8 Å². The second-order valence-corrected chi connectivity index (χ2v) is 6.85. The van der Waals surface area contributed by atoms with E-state index in [9.17, 15) is 9.59 Å². The van der Waals surface area contributed by atoms with Crippen LogP contribution in [0.3, 0.4) is 0 Å². The number of pyridine rings is 1. The number of fused-ring (bicyclic) bond motifs is 1. The van der Waals surface area contributed by atoms with E-state index in [1.54, 1.807) is 23.2 Å². The van der Waals surface area contributed by atoms with Gasteiger partial charge in [-0.15, -0.1) is 0 Å². The third-order valence-electron chi connectivity index (χ3n) is 4.87. The van der Waals surface area contributed by atoms with E-state index in [2.05, 4.69) is 15.6 Å². The molecule has 0 fully saturated rings. The Morgan fingerprint density at radius 2 is 1.86 bits per heavy atom. The van der Waals surface area contributed by atoms with Crippen molar-refractivity contribution in [2.24, 2.45) is 0 Å². The molecule has 1 aromatic heterocycles. The summed E-state index contributed by atoms with van der Waals surface area (Å²) in [7, 11) is 0. The molecule has 6 nitrogen and oxygen atoms in total. The van der Waals surface area contributed by atoms with Crippen LogP contribution in [-0.4, -0.2) is 29.9 Å². The molecule has 0 saturated carbocycles. The van der Waals surface area contributed by atoms with Crippen LogP contribution < -0.4 is 15.5 Å². The Morgan fingerprint density at radius 1 is 1.10 bits per heavy atom. The van der Waals surface area contributed by atoms with Crippen LogP contribution >= 0.6 is 0 Å². The van der Waals surface area contributed by atoms with Crippen molar-refractivity contribution in [1.82, 2.24) is 10.3 Å². The van der Waals surface area contributed by atoms with Crippen molar-refractivity contribution >= 4 is 23.3 Å². The minimum atomic E-state index is -0.0913. The van der Waals surface area contributed by atoms with Gasteiger partial charge in [0.2, 0.25) is 5.91 Å². The molecule has 0 aliphatic carbocycles. The lowest BCUT2D eigenvalue weighted by atomic mass is 10.0. The van der Waals surface area contributed by atoms with Crippen molar-refractivity contribution < 1.29 is 9.59 Å². The molecule has 0 radical (unpaired) electrons.